The highest BCUT2D eigenvalue weighted by Gasteiger charge is 2.21. The molecular formula is C46H29NO2. The molecule has 2 heterocycles. The minimum atomic E-state index is 0.844. The molecule has 3 nitrogen and oxygen atoms in total. The van der Waals surface area contributed by atoms with Gasteiger partial charge in [-0.05, 0) is 70.1 Å². The Kier molecular flexibility index (Phi) is 6.18. The number of furan rings is 2. The maximum absolute atomic E-state index is 6.85. The molecule has 0 atom stereocenters. The van der Waals surface area contributed by atoms with Crippen molar-refractivity contribution < 1.29 is 8.83 Å². The van der Waals surface area contributed by atoms with Gasteiger partial charge in [-0.15, -0.1) is 0 Å². The number of nitrogens with zero attached hydrogens (tertiary/aromatic N) is 1. The van der Waals surface area contributed by atoms with Gasteiger partial charge in [0.1, 0.15) is 16.7 Å². The molecule has 10 rings (SSSR count). The molecule has 0 amide bonds. The van der Waals surface area contributed by atoms with Crippen molar-refractivity contribution in [3.8, 4) is 22.3 Å². The summed E-state index contributed by atoms with van der Waals surface area (Å²) in [7, 11) is 0. The van der Waals surface area contributed by atoms with Gasteiger partial charge in [0, 0.05) is 38.7 Å². The highest BCUT2D eigenvalue weighted by molar-refractivity contribution is 6.17. The van der Waals surface area contributed by atoms with Gasteiger partial charge in [0.25, 0.3) is 0 Å². The SMILES string of the molecule is c1ccc(-c2ccccc2-c2ccc(N(c3ccc4c(c3)oc3ccccc34)c3cccc4c3oc3c5ccccc5ccc43)cc2)cc1. The van der Waals surface area contributed by atoms with Crippen LogP contribution in [0.2, 0.25) is 0 Å². The summed E-state index contributed by atoms with van der Waals surface area (Å²) in [4.78, 5) is 2.28. The number of hydrogen-bond acceptors (Lipinski definition) is 3. The van der Waals surface area contributed by atoms with Gasteiger partial charge in [0.05, 0.1) is 11.4 Å². The smallest absolute Gasteiger partial charge is 0.159 e. The minimum Gasteiger partial charge on any atom is -0.456 e. The average Bonchev–Trinajstić information content (AvgIpc) is 3.75. The van der Waals surface area contributed by atoms with E-state index in [1.54, 1.807) is 0 Å². The molecule has 2 aromatic heterocycles. The number of anilines is 3. The first-order valence-corrected chi connectivity index (χ1v) is 16.6. The minimum absolute atomic E-state index is 0.844. The summed E-state index contributed by atoms with van der Waals surface area (Å²) in [6.07, 6.45) is 0. The van der Waals surface area contributed by atoms with E-state index in [1.165, 1.54) is 16.7 Å². The van der Waals surface area contributed by atoms with Crippen LogP contribution in [0.15, 0.2) is 185 Å². The summed E-state index contributed by atoms with van der Waals surface area (Å²) >= 11 is 0. The van der Waals surface area contributed by atoms with Crippen molar-refractivity contribution in [2.75, 3.05) is 4.90 Å². The largest absolute Gasteiger partial charge is 0.456 e. The fourth-order valence-corrected chi connectivity index (χ4v) is 7.36. The highest BCUT2D eigenvalue weighted by Crippen LogP contribution is 2.45. The lowest BCUT2D eigenvalue weighted by molar-refractivity contribution is 0.668. The summed E-state index contributed by atoms with van der Waals surface area (Å²) in [5.74, 6) is 0. The van der Waals surface area contributed by atoms with E-state index in [4.69, 9.17) is 8.83 Å². The number of hydrogen-bond donors (Lipinski definition) is 0. The number of fused-ring (bicyclic) bond motifs is 8. The monoisotopic (exact) mass is 627 g/mol. The zero-order chi connectivity index (χ0) is 32.3. The lowest BCUT2D eigenvalue weighted by Crippen LogP contribution is -2.10. The Morgan fingerprint density at radius 2 is 0.959 bits per heavy atom. The van der Waals surface area contributed by atoms with Crippen molar-refractivity contribution in [2.24, 2.45) is 0 Å². The van der Waals surface area contributed by atoms with Crippen LogP contribution in [-0.2, 0) is 0 Å². The Morgan fingerprint density at radius 1 is 0.347 bits per heavy atom. The molecule has 0 spiro atoms. The summed E-state index contributed by atoms with van der Waals surface area (Å²) in [5.41, 5.74) is 11.2. The van der Waals surface area contributed by atoms with E-state index >= 15 is 0 Å². The average molecular weight is 628 g/mol. The molecule has 0 aliphatic heterocycles. The van der Waals surface area contributed by atoms with E-state index in [9.17, 15) is 0 Å². The molecular weight excluding hydrogens is 599 g/mol. The predicted molar refractivity (Wildman–Crippen MR) is 204 cm³/mol. The fourth-order valence-electron chi connectivity index (χ4n) is 7.36. The Labute approximate surface area is 282 Å². The van der Waals surface area contributed by atoms with Crippen LogP contribution in [-0.4, -0.2) is 0 Å². The second kappa shape index (κ2) is 11.0. The zero-order valence-electron chi connectivity index (χ0n) is 26.5. The van der Waals surface area contributed by atoms with Crippen molar-refractivity contribution in [3.05, 3.63) is 176 Å². The molecule has 49 heavy (non-hydrogen) atoms. The van der Waals surface area contributed by atoms with Crippen LogP contribution in [0, 0.1) is 0 Å². The molecule has 230 valence electrons. The standard InChI is InChI=1S/C46H29NO2/c1-2-11-30(12-3-1)35-14-6-7-15-36(35)32-21-24-33(25-22-32)47(34-26-28-39-38-17-8-9-20-43(38)48-44(39)29-34)42-19-10-18-40-41-27-23-31-13-4-5-16-37(31)45(41)49-46(40)42/h1-29H. The van der Waals surface area contributed by atoms with Gasteiger partial charge in [-0.1, -0.05) is 127 Å². The quantitative estimate of drug-likeness (QED) is 0.190. The molecule has 8 aromatic carbocycles. The molecule has 0 saturated carbocycles. The summed E-state index contributed by atoms with van der Waals surface area (Å²) in [6, 6.07) is 61.9. The Balaban J connectivity index is 1.18. The van der Waals surface area contributed by atoms with Crippen molar-refractivity contribution >= 4 is 71.7 Å². The van der Waals surface area contributed by atoms with E-state index in [0.29, 0.717) is 0 Å². The summed E-state index contributed by atoms with van der Waals surface area (Å²) in [5, 5.41) is 6.68. The van der Waals surface area contributed by atoms with E-state index in [0.717, 1.165) is 77.3 Å². The van der Waals surface area contributed by atoms with Gasteiger partial charge in [-0.25, -0.2) is 0 Å². The van der Waals surface area contributed by atoms with E-state index < -0.39 is 0 Å². The first kappa shape index (κ1) is 27.5. The molecule has 0 unspecified atom stereocenters. The number of para-hydroxylation sites is 2. The third-order valence-electron chi connectivity index (χ3n) is 9.68. The topological polar surface area (TPSA) is 29.5 Å². The van der Waals surface area contributed by atoms with Gasteiger partial charge < -0.3 is 13.7 Å². The predicted octanol–water partition coefficient (Wildman–Crippen LogP) is 13.4. The number of benzene rings is 8. The second-order valence-electron chi connectivity index (χ2n) is 12.5. The van der Waals surface area contributed by atoms with Crippen LogP contribution in [0.3, 0.4) is 0 Å². The zero-order valence-corrected chi connectivity index (χ0v) is 26.5. The van der Waals surface area contributed by atoms with Crippen LogP contribution >= 0.6 is 0 Å². The van der Waals surface area contributed by atoms with Gasteiger partial charge in [0.15, 0.2) is 5.58 Å². The maximum atomic E-state index is 6.85. The third kappa shape index (κ3) is 4.44. The van der Waals surface area contributed by atoms with Crippen LogP contribution in [0.25, 0.3) is 76.9 Å². The maximum Gasteiger partial charge on any atom is 0.159 e. The van der Waals surface area contributed by atoms with Crippen LogP contribution in [0.5, 0.6) is 0 Å². The van der Waals surface area contributed by atoms with Gasteiger partial charge in [-0.2, -0.15) is 0 Å². The van der Waals surface area contributed by atoms with E-state index in [-0.39, 0.29) is 0 Å². The molecule has 3 heteroatoms. The Hall–Kier alpha value is -6.58. The number of rotatable bonds is 5. The lowest BCUT2D eigenvalue weighted by Gasteiger charge is -2.26. The first-order chi connectivity index (χ1) is 24.3. The van der Waals surface area contributed by atoms with Gasteiger partial charge in [-0.3, -0.25) is 0 Å². The van der Waals surface area contributed by atoms with Gasteiger partial charge in [0.2, 0.25) is 0 Å². The molecule has 0 aliphatic carbocycles. The van der Waals surface area contributed by atoms with Crippen LogP contribution in [0.4, 0.5) is 17.1 Å². The Bertz CT molecular complexity index is 2830. The Morgan fingerprint density at radius 3 is 1.80 bits per heavy atom. The molecule has 0 bridgehead atoms. The summed E-state index contributed by atoms with van der Waals surface area (Å²) < 4.78 is 13.2. The van der Waals surface area contributed by atoms with Crippen LogP contribution < -0.4 is 4.90 Å². The van der Waals surface area contributed by atoms with Crippen molar-refractivity contribution in [3.63, 3.8) is 0 Å². The lowest BCUT2D eigenvalue weighted by atomic mass is 9.94. The highest BCUT2D eigenvalue weighted by atomic mass is 16.3. The van der Waals surface area contributed by atoms with Crippen molar-refractivity contribution in [1.82, 2.24) is 0 Å². The summed E-state index contributed by atoms with van der Waals surface area (Å²) in [6.45, 7) is 0. The van der Waals surface area contributed by atoms with Crippen molar-refractivity contribution in [2.45, 2.75) is 0 Å². The first-order valence-electron chi connectivity index (χ1n) is 16.6. The second-order valence-corrected chi connectivity index (χ2v) is 12.5. The normalized spacial score (nSPS) is 11.7. The van der Waals surface area contributed by atoms with Gasteiger partial charge >= 0.3 is 0 Å². The van der Waals surface area contributed by atoms with E-state index in [2.05, 4.69) is 169 Å². The third-order valence-corrected chi connectivity index (χ3v) is 9.68. The van der Waals surface area contributed by atoms with Crippen LogP contribution in [0.1, 0.15) is 0 Å². The molecule has 0 N–H and O–H groups in total. The molecule has 0 saturated heterocycles. The van der Waals surface area contributed by atoms with E-state index in [1.807, 2.05) is 12.1 Å². The molecule has 0 aliphatic rings. The van der Waals surface area contributed by atoms with Crippen molar-refractivity contribution in [1.29, 1.82) is 0 Å². The molecule has 0 fully saturated rings. The molecule has 10 aromatic rings. The molecule has 0 radical (unpaired) electrons. The fraction of sp³-hybridized carbons (Fsp3) is 0.